The van der Waals surface area contributed by atoms with Gasteiger partial charge in [-0.3, -0.25) is 0 Å². The number of carbonyl (C=O) groups excluding carboxylic acids is 1. The molecule has 0 radical (unpaired) electrons. The molecule has 1 amide bonds. The molecule has 0 atom stereocenters. The maximum atomic E-state index is 11.9. The molecule has 1 N–H and O–H groups in total. The first-order chi connectivity index (χ1) is 10.0. The molecule has 1 aliphatic rings. The monoisotopic (exact) mass is 307 g/mol. The van der Waals surface area contributed by atoms with Gasteiger partial charge in [-0.25, -0.2) is 4.79 Å². The van der Waals surface area contributed by atoms with Gasteiger partial charge in [0.15, 0.2) is 0 Å². The van der Waals surface area contributed by atoms with Crippen LogP contribution in [0.15, 0.2) is 42.2 Å². The number of nitrogens with zero attached hydrogens (tertiary/aromatic N) is 1. The Balaban J connectivity index is 2.19. The van der Waals surface area contributed by atoms with Crippen LogP contribution in [0.2, 0.25) is 5.02 Å². The summed E-state index contributed by atoms with van der Waals surface area (Å²) in [6, 6.07) is 7.49. The Labute approximate surface area is 129 Å². The fourth-order valence-corrected chi connectivity index (χ4v) is 2.47. The minimum absolute atomic E-state index is 0.0885. The van der Waals surface area contributed by atoms with Gasteiger partial charge < -0.3 is 14.7 Å². The van der Waals surface area contributed by atoms with Crippen molar-refractivity contribution < 1.29 is 14.6 Å². The molecule has 4 nitrogen and oxygen atoms in total. The van der Waals surface area contributed by atoms with Crippen molar-refractivity contribution in [2.45, 2.75) is 13.3 Å². The normalized spacial score (nSPS) is 15.1. The molecule has 5 heteroatoms. The molecule has 1 heterocycles. The second-order valence-electron chi connectivity index (χ2n) is 4.99. The van der Waals surface area contributed by atoms with Crippen LogP contribution in [0.25, 0.3) is 5.57 Å². The van der Waals surface area contributed by atoms with E-state index < -0.39 is 6.09 Å². The quantitative estimate of drug-likeness (QED) is 0.870. The Bertz CT molecular complexity index is 578. The average Bonchev–Trinajstić information content (AvgIpc) is 2.46. The molecule has 0 saturated heterocycles. The van der Waals surface area contributed by atoms with Gasteiger partial charge >= 0.3 is 6.09 Å². The number of hydrogen-bond donors (Lipinski definition) is 1. The van der Waals surface area contributed by atoms with Crippen LogP contribution in [0, 0.1) is 0 Å². The summed E-state index contributed by atoms with van der Waals surface area (Å²) in [6.07, 6.45) is 0.242. The highest BCUT2D eigenvalue weighted by Crippen LogP contribution is 2.28. The molecule has 0 aromatic heterocycles. The first-order valence-corrected chi connectivity index (χ1v) is 7.09. The third-order valence-corrected chi connectivity index (χ3v) is 3.60. The maximum Gasteiger partial charge on any atom is 0.415 e. The van der Waals surface area contributed by atoms with Crippen molar-refractivity contribution in [3.63, 3.8) is 0 Å². The van der Waals surface area contributed by atoms with Gasteiger partial charge in [-0.15, -0.1) is 0 Å². The standard InChI is InChI=1S/C16H18ClNO3/c1-11(2)21-16(20)18-8-7-15(13(9-18)10-19)12-3-5-14(17)6-4-12/h3-6,19H,1,7-10H2,2H3. The minimum atomic E-state index is -0.427. The Morgan fingerprint density at radius 3 is 2.67 bits per heavy atom. The van der Waals surface area contributed by atoms with E-state index in [2.05, 4.69) is 6.58 Å². The summed E-state index contributed by atoms with van der Waals surface area (Å²) in [4.78, 5) is 13.4. The van der Waals surface area contributed by atoms with Crippen LogP contribution >= 0.6 is 11.6 Å². The first-order valence-electron chi connectivity index (χ1n) is 6.71. The van der Waals surface area contributed by atoms with Crippen molar-refractivity contribution >= 4 is 23.3 Å². The Hall–Kier alpha value is -1.78. The lowest BCUT2D eigenvalue weighted by molar-refractivity contribution is 0.130. The van der Waals surface area contributed by atoms with E-state index in [0.717, 1.165) is 16.7 Å². The topological polar surface area (TPSA) is 49.8 Å². The highest BCUT2D eigenvalue weighted by molar-refractivity contribution is 6.30. The Kier molecular flexibility index (Phi) is 5.04. The summed E-state index contributed by atoms with van der Waals surface area (Å²) in [5.41, 5.74) is 2.91. The highest BCUT2D eigenvalue weighted by atomic mass is 35.5. The number of aliphatic hydroxyl groups excluding tert-OH is 1. The van der Waals surface area contributed by atoms with Gasteiger partial charge in [0.2, 0.25) is 0 Å². The SMILES string of the molecule is C=C(C)OC(=O)N1CCC(c2ccc(Cl)cc2)=C(CO)C1. The van der Waals surface area contributed by atoms with Crippen molar-refractivity contribution in [1.29, 1.82) is 0 Å². The number of ether oxygens (including phenoxy) is 1. The first kappa shape index (κ1) is 15.6. The van der Waals surface area contributed by atoms with Crippen LogP contribution in [0.1, 0.15) is 18.9 Å². The molecule has 1 aliphatic heterocycles. The second-order valence-corrected chi connectivity index (χ2v) is 5.43. The lowest BCUT2D eigenvalue weighted by Crippen LogP contribution is -2.37. The number of hydrogen-bond acceptors (Lipinski definition) is 3. The van der Waals surface area contributed by atoms with E-state index in [9.17, 15) is 9.90 Å². The molecule has 2 rings (SSSR count). The summed E-state index contributed by atoms with van der Waals surface area (Å²) in [7, 11) is 0. The van der Waals surface area contributed by atoms with E-state index in [-0.39, 0.29) is 6.61 Å². The van der Waals surface area contributed by atoms with Gasteiger partial charge in [0.25, 0.3) is 0 Å². The van der Waals surface area contributed by atoms with E-state index in [4.69, 9.17) is 16.3 Å². The Morgan fingerprint density at radius 2 is 2.10 bits per heavy atom. The van der Waals surface area contributed by atoms with Crippen molar-refractivity contribution in [2.24, 2.45) is 0 Å². The van der Waals surface area contributed by atoms with Crippen molar-refractivity contribution in [1.82, 2.24) is 4.90 Å². The molecule has 112 valence electrons. The van der Waals surface area contributed by atoms with Crippen LogP contribution in [0.5, 0.6) is 0 Å². The number of halogens is 1. The summed E-state index contributed by atoms with van der Waals surface area (Å²) in [5.74, 6) is 0.359. The van der Waals surface area contributed by atoms with Crippen LogP contribution in [0.4, 0.5) is 4.79 Å². The predicted molar refractivity (Wildman–Crippen MR) is 82.9 cm³/mol. The highest BCUT2D eigenvalue weighted by Gasteiger charge is 2.24. The predicted octanol–water partition coefficient (Wildman–Crippen LogP) is 3.46. The molecule has 21 heavy (non-hydrogen) atoms. The maximum absolute atomic E-state index is 11.9. The van der Waals surface area contributed by atoms with E-state index in [1.54, 1.807) is 11.8 Å². The van der Waals surface area contributed by atoms with E-state index in [1.165, 1.54) is 0 Å². The van der Waals surface area contributed by atoms with Crippen LogP contribution in [-0.4, -0.2) is 35.8 Å². The second kappa shape index (κ2) is 6.78. The van der Waals surface area contributed by atoms with Gasteiger partial charge in [-0.2, -0.15) is 0 Å². The fraction of sp³-hybridized carbons (Fsp3) is 0.312. The van der Waals surface area contributed by atoms with Gasteiger partial charge in [0, 0.05) is 18.1 Å². The summed E-state index contributed by atoms with van der Waals surface area (Å²) >= 11 is 5.89. The largest absolute Gasteiger partial charge is 0.416 e. The lowest BCUT2D eigenvalue weighted by Gasteiger charge is -2.30. The molecular formula is C16H18ClNO3. The third-order valence-electron chi connectivity index (χ3n) is 3.34. The van der Waals surface area contributed by atoms with E-state index >= 15 is 0 Å². The Morgan fingerprint density at radius 1 is 1.43 bits per heavy atom. The molecule has 1 aromatic rings. The van der Waals surface area contributed by atoms with Gasteiger partial charge in [0.1, 0.15) is 0 Å². The van der Waals surface area contributed by atoms with Crippen LogP contribution in [-0.2, 0) is 4.74 Å². The zero-order valence-electron chi connectivity index (χ0n) is 11.9. The zero-order chi connectivity index (χ0) is 15.4. The molecule has 0 aliphatic carbocycles. The van der Waals surface area contributed by atoms with Crippen molar-refractivity contribution in [2.75, 3.05) is 19.7 Å². The zero-order valence-corrected chi connectivity index (χ0v) is 12.7. The smallest absolute Gasteiger partial charge is 0.415 e. The van der Waals surface area contributed by atoms with Crippen molar-refractivity contribution in [3.8, 4) is 0 Å². The number of aliphatic hydroxyl groups is 1. The lowest BCUT2D eigenvalue weighted by atomic mass is 9.94. The number of carbonyl (C=O) groups is 1. The summed E-state index contributed by atoms with van der Waals surface area (Å²) in [6.45, 7) is 6.01. The molecular weight excluding hydrogens is 290 g/mol. The number of amides is 1. The molecule has 0 fully saturated rings. The van der Waals surface area contributed by atoms with E-state index in [0.29, 0.717) is 30.3 Å². The number of benzene rings is 1. The minimum Gasteiger partial charge on any atom is -0.416 e. The van der Waals surface area contributed by atoms with Gasteiger partial charge in [-0.1, -0.05) is 30.3 Å². The molecule has 0 spiro atoms. The summed E-state index contributed by atoms with van der Waals surface area (Å²) in [5, 5.41) is 10.3. The van der Waals surface area contributed by atoms with Gasteiger partial charge in [0.05, 0.1) is 12.4 Å². The van der Waals surface area contributed by atoms with Crippen molar-refractivity contribution in [3.05, 3.63) is 52.8 Å². The van der Waals surface area contributed by atoms with Crippen LogP contribution in [0.3, 0.4) is 0 Å². The number of rotatable bonds is 3. The molecule has 0 bridgehead atoms. The summed E-state index contributed by atoms with van der Waals surface area (Å²) < 4.78 is 5.01. The molecule has 0 saturated carbocycles. The third kappa shape index (κ3) is 3.86. The number of allylic oxidation sites excluding steroid dienone is 1. The fourth-order valence-electron chi connectivity index (χ4n) is 2.34. The molecule has 1 aromatic carbocycles. The average molecular weight is 308 g/mol. The van der Waals surface area contributed by atoms with Gasteiger partial charge in [-0.05, 0) is 42.2 Å². The van der Waals surface area contributed by atoms with Crippen LogP contribution < -0.4 is 0 Å². The van der Waals surface area contributed by atoms with E-state index in [1.807, 2.05) is 24.3 Å². The molecule has 0 unspecified atom stereocenters.